The van der Waals surface area contributed by atoms with Crippen LogP contribution < -0.4 is 0 Å². The number of alkyl halides is 3. The molecule has 1 atom stereocenters. The lowest BCUT2D eigenvalue weighted by atomic mass is 10.0. The molecule has 14 heavy (non-hydrogen) atoms. The molecule has 0 aromatic rings. The zero-order valence-corrected chi connectivity index (χ0v) is 10.8. The van der Waals surface area contributed by atoms with Gasteiger partial charge >= 0.3 is 0 Å². The number of hydrogen-bond donors (Lipinski definition) is 0. The minimum absolute atomic E-state index is 0.0349. The number of nitrogens with zero attached hydrogens (tertiary/aromatic N) is 1. The van der Waals surface area contributed by atoms with E-state index < -0.39 is 3.79 Å². The Labute approximate surface area is 104 Å². The Hall–Kier alpha value is 0.660. The molecule has 0 bridgehead atoms. The van der Waals surface area contributed by atoms with Gasteiger partial charge in [0.05, 0.1) is 17.6 Å². The van der Waals surface area contributed by atoms with Gasteiger partial charge in [0.1, 0.15) is 6.26 Å². The lowest BCUT2D eigenvalue weighted by molar-refractivity contribution is -0.112. The van der Waals surface area contributed by atoms with Crippen LogP contribution >= 0.6 is 46.4 Å². The van der Waals surface area contributed by atoms with Crippen LogP contribution in [0, 0.1) is 5.92 Å². The number of hydroxylamine groups is 2. The summed E-state index contributed by atoms with van der Waals surface area (Å²) in [5.41, 5.74) is 0. The highest BCUT2D eigenvalue weighted by Gasteiger charge is 2.36. The Bertz CT molecular complexity index is 236. The van der Waals surface area contributed by atoms with Gasteiger partial charge in [-0.1, -0.05) is 60.3 Å². The zero-order valence-electron chi connectivity index (χ0n) is 7.81. The van der Waals surface area contributed by atoms with Crippen LogP contribution in [0.5, 0.6) is 0 Å². The average Bonchev–Trinajstić information content (AvgIpc) is 2.27. The van der Waals surface area contributed by atoms with Crippen molar-refractivity contribution in [1.29, 1.82) is 0 Å². The van der Waals surface area contributed by atoms with Crippen LogP contribution in [-0.4, -0.2) is 21.4 Å². The van der Waals surface area contributed by atoms with E-state index in [0.717, 1.165) is 0 Å². The molecule has 0 radical (unpaired) electrons. The van der Waals surface area contributed by atoms with Crippen molar-refractivity contribution in [3.8, 4) is 0 Å². The quantitative estimate of drug-likeness (QED) is 0.714. The highest BCUT2D eigenvalue weighted by Crippen LogP contribution is 2.34. The molecule has 0 saturated carbocycles. The van der Waals surface area contributed by atoms with Crippen molar-refractivity contribution in [2.24, 2.45) is 5.92 Å². The summed E-state index contributed by atoms with van der Waals surface area (Å²) in [6.45, 7) is 4.25. The minimum atomic E-state index is -1.36. The van der Waals surface area contributed by atoms with E-state index in [-0.39, 0.29) is 12.6 Å². The molecule has 0 spiro atoms. The van der Waals surface area contributed by atoms with Gasteiger partial charge in [-0.05, 0) is 5.92 Å². The van der Waals surface area contributed by atoms with Crippen molar-refractivity contribution < 1.29 is 4.84 Å². The maximum atomic E-state index is 5.96. The Morgan fingerprint density at radius 1 is 1.50 bits per heavy atom. The van der Waals surface area contributed by atoms with Crippen molar-refractivity contribution in [2.75, 3.05) is 6.54 Å². The average molecular weight is 279 g/mol. The molecule has 0 aromatic heterocycles. The van der Waals surface area contributed by atoms with Crippen molar-refractivity contribution >= 4 is 46.4 Å². The first-order valence-electron chi connectivity index (χ1n) is 4.17. The Morgan fingerprint density at radius 3 is 2.50 bits per heavy atom. The van der Waals surface area contributed by atoms with Crippen LogP contribution in [-0.2, 0) is 4.84 Å². The van der Waals surface area contributed by atoms with Gasteiger partial charge in [0, 0.05) is 0 Å². The molecule has 2 nitrogen and oxygen atoms in total. The van der Waals surface area contributed by atoms with Crippen molar-refractivity contribution in [3.05, 3.63) is 11.3 Å². The molecule has 0 N–H and O–H groups in total. The van der Waals surface area contributed by atoms with Crippen LogP contribution in [0.1, 0.15) is 13.8 Å². The highest BCUT2D eigenvalue weighted by atomic mass is 35.6. The van der Waals surface area contributed by atoms with E-state index in [1.165, 1.54) is 6.26 Å². The van der Waals surface area contributed by atoms with E-state index >= 15 is 0 Å². The van der Waals surface area contributed by atoms with E-state index in [0.29, 0.717) is 11.0 Å². The number of hydrogen-bond acceptors (Lipinski definition) is 2. The fourth-order valence-electron chi connectivity index (χ4n) is 1.35. The second-order valence-electron chi connectivity index (χ2n) is 3.49. The number of halogens is 4. The summed E-state index contributed by atoms with van der Waals surface area (Å²) in [5, 5.41) is 2.22. The molecule has 82 valence electrons. The molecule has 0 aromatic carbocycles. The minimum Gasteiger partial charge on any atom is -0.412 e. The van der Waals surface area contributed by atoms with Crippen LogP contribution in [0.25, 0.3) is 0 Å². The summed E-state index contributed by atoms with van der Waals surface area (Å²) in [5.74, 6) is 0.300. The third kappa shape index (κ3) is 3.35. The summed E-state index contributed by atoms with van der Waals surface area (Å²) in [4.78, 5) is 5.20. The monoisotopic (exact) mass is 277 g/mol. The summed E-state index contributed by atoms with van der Waals surface area (Å²) in [6.07, 6.45) is 1.47. The first kappa shape index (κ1) is 12.7. The summed E-state index contributed by atoms with van der Waals surface area (Å²) in [6, 6.07) is -0.0349. The van der Waals surface area contributed by atoms with E-state index in [1.54, 1.807) is 5.06 Å². The van der Waals surface area contributed by atoms with E-state index in [2.05, 4.69) is 0 Å². The Kier molecular flexibility index (Phi) is 4.24. The maximum Gasteiger partial charge on any atom is 0.206 e. The van der Waals surface area contributed by atoms with Gasteiger partial charge in [0.15, 0.2) is 0 Å². The Balaban J connectivity index is 2.65. The normalized spacial score (nSPS) is 23.9. The van der Waals surface area contributed by atoms with E-state index in [4.69, 9.17) is 51.2 Å². The molecule has 0 saturated heterocycles. The highest BCUT2D eigenvalue weighted by molar-refractivity contribution is 6.67. The van der Waals surface area contributed by atoms with Gasteiger partial charge in [0.2, 0.25) is 3.79 Å². The van der Waals surface area contributed by atoms with Crippen LogP contribution in [0.2, 0.25) is 0 Å². The molecule has 1 heterocycles. The molecule has 0 fully saturated rings. The molecule has 6 heteroatoms. The van der Waals surface area contributed by atoms with Crippen molar-refractivity contribution in [2.45, 2.75) is 23.7 Å². The number of rotatable bonds is 2. The molecule has 1 aliphatic rings. The zero-order chi connectivity index (χ0) is 10.9. The fourth-order valence-corrected chi connectivity index (χ4v) is 2.11. The van der Waals surface area contributed by atoms with E-state index in [9.17, 15) is 0 Å². The van der Waals surface area contributed by atoms with Gasteiger partial charge in [-0.2, -0.15) is 0 Å². The lowest BCUT2D eigenvalue weighted by Crippen LogP contribution is -2.39. The van der Waals surface area contributed by atoms with Crippen LogP contribution in [0.15, 0.2) is 11.3 Å². The predicted molar refractivity (Wildman–Crippen MR) is 60.6 cm³/mol. The molecule has 1 aliphatic heterocycles. The standard InChI is InChI=1S/C8H11Cl4NO/c1-5(2)7-6(9)3-14-13(7)4-8(10,11)12/h3,5,7H,4H2,1-2H3. The van der Waals surface area contributed by atoms with Crippen molar-refractivity contribution in [1.82, 2.24) is 5.06 Å². The van der Waals surface area contributed by atoms with Gasteiger partial charge in [-0.25, -0.2) is 0 Å². The second kappa shape index (κ2) is 4.67. The maximum absolute atomic E-state index is 5.96. The molecule has 0 aliphatic carbocycles. The van der Waals surface area contributed by atoms with Crippen molar-refractivity contribution in [3.63, 3.8) is 0 Å². The largest absolute Gasteiger partial charge is 0.412 e. The molecule has 1 unspecified atom stereocenters. The molecule has 0 amide bonds. The Morgan fingerprint density at radius 2 is 2.07 bits per heavy atom. The first-order chi connectivity index (χ1) is 6.31. The SMILES string of the molecule is CC(C)C1C(Cl)=CON1CC(Cl)(Cl)Cl. The van der Waals surface area contributed by atoms with Crippen LogP contribution in [0.3, 0.4) is 0 Å². The molecular weight excluding hydrogens is 268 g/mol. The summed E-state index contributed by atoms with van der Waals surface area (Å²) >= 11 is 23.0. The lowest BCUT2D eigenvalue weighted by Gasteiger charge is -2.28. The van der Waals surface area contributed by atoms with Gasteiger partial charge in [0.25, 0.3) is 0 Å². The predicted octanol–water partition coefficient (Wildman–Crippen LogP) is 3.71. The summed E-state index contributed by atoms with van der Waals surface area (Å²) in [7, 11) is 0. The summed E-state index contributed by atoms with van der Waals surface area (Å²) < 4.78 is -1.36. The van der Waals surface area contributed by atoms with Gasteiger partial charge in [-0.15, -0.1) is 5.06 Å². The smallest absolute Gasteiger partial charge is 0.206 e. The first-order valence-corrected chi connectivity index (χ1v) is 5.68. The molecule has 1 rings (SSSR count). The molecular formula is C8H11Cl4NO. The third-order valence-corrected chi connectivity index (χ3v) is 2.53. The van der Waals surface area contributed by atoms with Gasteiger partial charge < -0.3 is 4.84 Å². The van der Waals surface area contributed by atoms with Crippen LogP contribution in [0.4, 0.5) is 0 Å². The fraction of sp³-hybridized carbons (Fsp3) is 0.750. The third-order valence-electron chi connectivity index (χ3n) is 1.86. The van der Waals surface area contributed by atoms with Gasteiger partial charge in [-0.3, -0.25) is 0 Å². The topological polar surface area (TPSA) is 12.5 Å². The van der Waals surface area contributed by atoms with E-state index in [1.807, 2.05) is 13.8 Å². The second-order valence-corrected chi connectivity index (χ2v) is 6.44.